The molecule has 136 valence electrons. The molecular formula is C18H21ClN6O. The van der Waals surface area contributed by atoms with Crippen LogP contribution in [0.4, 0.5) is 23.1 Å². The highest BCUT2D eigenvalue weighted by atomic mass is 35.5. The fourth-order valence-corrected chi connectivity index (χ4v) is 3.47. The first kappa shape index (κ1) is 17.1. The van der Waals surface area contributed by atoms with Crippen LogP contribution in [-0.2, 0) is 11.2 Å². The number of amides is 1. The predicted octanol–water partition coefficient (Wildman–Crippen LogP) is 2.78. The summed E-state index contributed by atoms with van der Waals surface area (Å²) < 4.78 is 0. The Hall–Kier alpha value is -2.38. The fourth-order valence-electron chi connectivity index (χ4n) is 3.31. The molecule has 4 N–H and O–H groups in total. The van der Waals surface area contributed by atoms with Crippen LogP contribution in [0.5, 0.6) is 0 Å². The molecule has 0 bridgehead atoms. The molecule has 26 heavy (non-hydrogen) atoms. The quantitative estimate of drug-likeness (QED) is 0.645. The Morgan fingerprint density at radius 1 is 1.35 bits per heavy atom. The molecule has 1 unspecified atom stereocenters. The van der Waals surface area contributed by atoms with E-state index < -0.39 is 0 Å². The first-order valence-corrected chi connectivity index (χ1v) is 9.22. The van der Waals surface area contributed by atoms with Gasteiger partial charge >= 0.3 is 0 Å². The summed E-state index contributed by atoms with van der Waals surface area (Å²) in [4.78, 5) is 20.2. The number of benzene rings is 1. The Bertz CT molecular complexity index is 821. The number of nitrogens with one attached hydrogen (secondary N) is 4. The average Bonchev–Trinajstić information content (AvgIpc) is 3.02. The van der Waals surface area contributed by atoms with Gasteiger partial charge in [-0.2, -0.15) is 4.98 Å². The summed E-state index contributed by atoms with van der Waals surface area (Å²) in [6.45, 7) is 2.94. The molecule has 4 rings (SSSR count). The van der Waals surface area contributed by atoms with Gasteiger partial charge in [0, 0.05) is 17.9 Å². The molecule has 1 aromatic carbocycles. The molecule has 0 aliphatic carbocycles. The van der Waals surface area contributed by atoms with E-state index in [1.54, 1.807) is 6.20 Å². The monoisotopic (exact) mass is 372 g/mol. The molecule has 2 aliphatic rings. The number of rotatable bonds is 5. The van der Waals surface area contributed by atoms with E-state index in [-0.39, 0.29) is 5.91 Å². The Morgan fingerprint density at radius 3 is 3.12 bits per heavy atom. The van der Waals surface area contributed by atoms with Gasteiger partial charge in [-0.3, -0.25) is 4.79 Å². The van der Waals surface area contributed by atoms with Gasteiger partial charge in [-0.1, -0.05) is 17.7 Å². The largest absolute Gasteiger partial charge is 0.368 e. The van der Waals surface area contributed by atoms with Crippen LogP contribution in [0.15, 0.2) is 24.4 Å². The minimum Gasteiger partial charge on any atom is -0.368 e. The Kier molecular flexibility index (Phi) is 4.90. The summed E-state index contributed by atoms with van der Waals surface area (Å²) in [6.07, 6.45) is 4.42. The second-order valence-electron chi connectivity index (χ2n) is 6.71. The zero-order chi connectivity index (χ0) is 17.9. The number of halogens is 1. The molecule has 8 heteroatoms. The lowest BCUT2D eigenvalue weighted by Gasteiger charge is -2.23. The average molecular weight is 373 g/mol. The molecular weight excluding hydrogens is 352 g/mol. The number of carbonyl (C=O) groups is 1. The summed E-state index contributed by atoms with van der Waals surface area (Å²) in [5.74, 6) is 1.68. The lowest BCUT2D eigenvalue weighted by atomic mass is 10.00. The standard InChI is InChI=1S/C18H21ClN6O/c19-14-10-22-18(25-17(14)21-9-11-2-1-5-20-8-11)23-13-4-3-12-6-16(26)24-15(12)7-13/h3-4,7,10-11,20H,1-2,5-6,8-9H2,(H,24,26)(H2,21,22,23,25). The molecule has 1 saturated heterocycles. The van der Waals surface area contributed by atoms with Crippen molar-refractivity contribution in [2.24, 2.45) is 5.92 Å². The SMILES string of the molecule is O=C1Cc2ccc(Nc3ncc(Cl)c(NCC4CCCNC4)n3)cc2N1. The van der Waals surface area contributed by atoms with Gasteiger partial charge in [-0.05, 0) is 49.5 Å². The van der Waals surface area contributed by atoms with Crippen LogP contribution in [0.25, 0.3) is 0 Å². The number of piperidine rings is 1. The van der Waals surface area contributed by atoms with Crippen LogP contribution < -0.4 is 21.3 Å². The van der Waals surface area contributed by atoms with Crippen molar-refractivity contribution in [2.45, 2.75) is 19.3 Å². The topological polar surface area (TPSA) is 91.0 Å². The normalized spacial score (nSPS) is 19.0. The minimum atomic E-state index is 0.0172. The van der Waals surface area contributed by atoms with Crippen LogP contribution in [0.1, 0.15) is 18.4 Å². The first-order chi connectivity index (χ1) is 12.7. The summed E-state index contributed by atoms with van der Waals surface area (Å²) in [6, 6.07) is 5.73. The lowest BCUT2D eigenvalue weighted by Crippen LogP contribution is -2.33. The summed E-state index contributed by atoms with van der Waals surface area (Å²) >= 11 is 6.23. The smallest absolute Gasteiger partial charge is 0.229 e. The molecule has 0 spiro atoms. The van der Waals surface area contributed by atoms with Crippen molar-refractivity contribution in [1.82, 2.24) is 15.3 Å². The number of carbonyl (C=O) groups excluding carboxylic acids is 1. The maximum Gasteiger partial charge on any atom is 0.229 e. The van der Waals surface area contributed by atoms with Gasteiger partial charge in [0.25, 0.3) is 0 Å². The van der Waals surface area contributed by atoms with E-state index in [1.807, 2.05) is 18.2 Å². The fraction of sp³-hybridized carbons (Fsp3) is 0.389. The van der Waals surface area contributed by atoms with E-state index in [4.69, 9.17) is 11.6 Å². The lowest BCUT2D eigenvalue weighted by molar-refractivity contribution is -0.115. The van der Waals surface area contributed by atoms with Crippen molar-refractivity contribution in [3.05, 3.63) is 35.0 Å². The number of nitrogens with zero attached hydrogens (tertiary/aromatic N) is 2. The van der Waals surface area contributed by atoms with Crippen molar-refractivity contribution < 1.29 is 4.79 Å². The third kappa shape index (κ3) is 3.89. The number of fused-ring (bicyclic) bond motifs is 1. The van der Waals surface area contributed by atoms with Crippen LogP contribution in [-0.4, -0.2) is 35.5 Å². The van der Waals surface area contributed by atoms with Crippen molar-refractivity contribution in [2.75, 3.05) is 35.6 Å². The molecule has 7 nitrogen and oxygen atoms in total. The second kappa shape index (κ2) is 7.47. The molecule has 0 radical (unpaired) electrons. The Balaban J connectivity index is 1.44. The third-order valence-electron chi connectivity index (χ3n) is 4.69. The van der Waals surface area contributed by atoms with Crippen molar-refractivity contribution in [1.29, 1.82) is 0 Å². The molecule has 1 amide bonds. The summed E-state index contributed by atoms with van der Waals surface area (Å²) in [7, 11) is 0. The highest BCUT2D eigenvalue weighted by Crippen LogP contribution is 2.28. The number of hydrogen-bond acceptors (Lipinski definition) is 6. The van der Waals surface area contributed by atoms with Crippen molar-refractivity contribution in [3.8, 4) is 0 Å². The number of anilines is 4. The van der Waals surface area contributed by atoms with Crippen LogP contribution in [0.3, 0.4) is 0 Å². The van der Waals surface area contributed by atoms with Gasteiger partial charge in [0.1, 0.15) is 5.02 Å². The Morgan fingerprint density at radius 2 is 2.27 bits per heavy atom. The second-order valence-corrected chi connectivity index (χ2v) is 7.11. The maximum atomic E-state index is 11.5. The van der Waals surface area contributed by atoms with E-state index in [0.29, 0.717) is 29.1 Å². The third-order valence-corrected chi connectivity index (χ3v) is 4.97. The van der Waals surface area contributed by atoms with E-state index in [0.717, 1.165) is 36.6 Å². The molecule has 0 saturated carbocycles. The van der Waals surface area contributed by atoms with E-state index in [2.05, 4.69) is 31.2 Å². The summed E-state index contributed by atoms with van der Waals surface area (Å²) in [5.41, 5.74) is 2.65. The number of aromatic nitrogens is 2. The van der Waals surface area contributed by atoms with Crippen molar-refractivity contribution in [3.63, 3.8) is 0 Å². The Labute approximate surface area is 156 Å². The number of hydrogen-bond donors (Lipinski definition) is 4. The van der Waals surface area contributed by atoms with Gasteiger partial charge < -0.3 is 21.3 Å². The molecule has 1 aromatic heterocycles. The van der Waals surface area contributed by atoms with Gasteiger partial charge in [0.2, 0.25) is 11.9 Å². The van der Waals surface area contributed by atoms with E-state index >= 15 is 0 Å². The maximum absolute atomic E-state index is 11.5. The van der Waals surface area contributed by atoms with Crippen LogP contribution >= 0.6 is 11.6 Å². The molecule has 1 fully saturated rings. The molecule has 2 aliphatic heterocycles. The van der Waals surface area contributed by atoms with Crippen LogP contribution in [0, 0.1) is 5.92 Å². The highest BCUT2D eigenvalue weighted by molar-refractivity contribution is 6.32. The molecule has 3 heterocycles. The highest BCUT2D eigenvalue weighted by Gasteiger charge is 2.18. The van der Waals surface area contributed by atoms with Crippen molar-refractivity contribution >= 4 is 40.6 Å². The van der Waals surface area contributed by atoms with Gasteiger partial charge in [-0.15, -0.1) is 0 Å². The van der Waals surface area contributed by atoms with Gasteiger partial charge in [0.05, 0.1) is 12.6 Å². The van der Waals surface area contributed by atoms with E-state index in [1.165, 1.54) is 12.8 Å². The van der Waals surface area contributed by atoms with Crippen LogP contribution in [0.2, 0.25) is 5.02 Å². The van der Waals surface area contributed by atoms with Gasteiger partial charge in [0.15, 0.2) is 5.82 Å². The van der Waals surface area contributed by atoms with E-state index in [9.17, 15) is 4.79 Å². The first-order valence-electron chi connectivity index (χ1n) is 8.84. The minimum absolute atomic E-state index is 0.0172. The zero-order valence-electron chi connectivity index (χ0n) is 14.3. The predicted molar refractivity (Wildman–Crippen MR) is 103 cm³/mol. The molecule has 2 aromatic rings. The summed E-state index contributed by atoms with van der Waals surface area (Å²) in [5, 5.41) is 13.3. The molecule has 1 atom stereocenters. The van der Waals surface area contributed by atoms with Gasteiger partial charge in [-0.25, -0.2) is 4.98 Å². The zero-order valence-corrected chi connectivity index (χ0v) is 15.1.